The van der Waals surface area contributed by atoms with Crippen LogP contribution in [0.4, 0.5) is 4.39 Å². The standard InChI is InChI=1S/C13H17FN2O2/c1-8(9-2-4-10(14)5-3-9)16-13(17)11-6-18-7-12(11)15/h2-5,8,11-12H,6-7,15H2,1H3,(H,16,17). The van der Waals surface area contributed by atoms with Crippen molar-refractivity contribution in [3.05, 3.63) is 35.6 Å². The quantitative estimate of drug-likeness (QED) is 0.842. The van der Waals surface area contributed by atoms with Gasteiger partial charge in [0.15, 0.2) is 0 Å². The summed E-state index contributed by atoms with van der Waals surface area (Å²) in [5, 5.41) is 2.87. The van der Waals surface area contributed by atoms with Gasteiger partial charge in [-0.25, -0.2) is 4.39 Å². The first-order chi connectivity index (χ1) is 8.58. The minimum absolute atomic E-state index is 0.114. The van der Waals surface area contributed by atoms with Crippen LogP contribution in [0.2, 0.25) is 0 Å². The smallest absolute Gasteiger partial charge is 0.227 e. The van der Waals surface area contributed by atoms with Crippen molar-refractivity contribution in [2.45, 2.75) is 19.0 Å². The van der Waals surface area contributed by atoms with Gasteiger partial charge in [0, 0.05) is 6.04 Å². The molecule has 2 rings (SSSR count). The average Bonchev–Trinajstić information content (AvgIpc) is 2.76. The van der Waals surface area contributed by atoms with E-state index in [1.165, 1.54) is 12.1 Å². The van der Waals surface area contributed by atoms with Gasteiger partial charge < -0.3 is 15.8 Å². The fourth-order valence-electron chi connectivity index (χ4n) is 2.00. The van der Waals surface area contributed by atoms with E-state index in [9.17, 15) is 9.18 Å². The summed E-state index contributed by atoms with van der Waals surface area (Å²) in [5.41, 5.74) is 6.64. The molecule has 0 radical (unpaired) electrons. The molecular formula is C13H17FN2O2. The van der Waals surface area contributed by atoms with E-state index >= 15 is 0 Å². The Labute approximate surface area is 105 Å². The van der Waals surface area contributed by atoms with Crippen molar-refractivity contribution < 1.29 is 13.9 Å². The lowest BCUT2D eigenvalue weighted by atomic mass is 10.0. The second-order valence-corrected chi connectivity index (χ2v) is 4.59. The Balaban J connectivity index is 1.96. The van der Waals surface area contributed by atoms with Crippen LogP contribution in [0.25, 0.3) is 0 Å². The Morgan fingerprint density at radius 1 is 1.44 bits per heavy atom. The number of hydrogen-bond acceptors (Lipinski definition) is 3. The molecule has 4 nitrogen and oxygen atoms in total. The summed E-state index contributed by atoms with van der Waals surface area (Å²) >= 11 is 0. The molecule has 1 aliphatic rings. The van der Waals surface area contributed by atoms with Gasteiger partial charge >= 0.3 is 0 Å². The van der Waals surface area contributed by atoms with E-state index in [1.807, 2.05) is 6.92 Å². The Morgan fingerprint density at radius 2 is 2.11 bits per heavy atom. The summed E-state index contributed by atoms with van der Waals surface area (Å²) in [6.07, 6.45) is 0. The van der Waals surface area contributed by atoms with Gasteiger partial charge in [0.05, 0.1) is 25.2 Å². The molecule has 1 aromatic carbocycles. The molecule has 1 aliphatic heterocycles. The normalized spacial score (nSPS) is 24.8. The summed E-state index contributed by atoms with van der Waals surface area (Å²) in [5.74, 6) is -0.701. The zero-order valence-electron chi connectivity index (χ0n) is 10.2. The van der Waals surface area contributed by atoms with Crippen molar-refractivity contribution in [3.8, 4) is 0 Å². The number of benzene rings is 1. The monoisotopic (exact) mass is 252 g/mol. The maximum Gasteiger partial charge on any atom is 0.227 e. The SMILES string of the molecule is CC(NC(=O)C1COCC1N)c1ccc(F)cc1. The third-order valence-corrected chi connectivity index (χ3v) is 3.19. The minimum atomic E-state index is -0.298. The Kier molecular flexibility index (Phi) is 3.93. The molecule has 1 amide bonds. The van der Waals surface area contributed by atoms with Gasteiger partial charge in [0.25, 0.3) is 0 Å². The molecular weight excluding hydrogens is 235 g/mol. The number of carbonyl (C=O) groups excluding carboxylic acids is 1. The van der Waals surface area contributed by atoms with Crippen LogP contribution in [0.1, 0.15) is 18.5 Å². The molecule has 98 valence electrons. The molecule has 3 unspecified atom stereocenters. The van der Waals surface area contributed by atoms with Gasteiger partial charge in [-0.2, -0.15) is 0 Å². The first-order valence-electron chi connectivity index (χ1n) is 5.97. The predicted octanol–water partition coefficient (Wildman–Crippen LogP) is 0.977. The second-order valence-electron chi connectivity index (χ2n) is 4.59. The topological polar surface area (TPSA) is 64.3 Å². The largest absolute Gasteiger partial charge is 0.379 e. The lowest BCUT2D eigenvalue weighted by molar-refractivity contribution is -0.125. The first-order valence-corrected chi connectivity index (χ1v) is 5.97. The Hall–Kier alpha value is -1.46. The van der Waals surface area contributed by atoms with Crippen LogP contribution in [0.15, 0.2) is 24.3 Å². The number of ether oxygens (including phenoxy) is 1. The molecule has 3 N–H and O–H groups in total. The average molecular weight is 252 g/mol. The molecule has 1 fully saturated rings. The van der Waals surface area contributed by atoms with Gasteiger partial charge in [-0.3, -0.25) is 4.79 Å². The van der Waals surface area contributed by atoms with Crippen LogP contribution >= 0.6 is 0 Å². The van der Waals surface area contributed by atoms with Crippen molar-refractivity contribution in [3.63, 3.8) is 0 Å². The number of nitrogens with one attached hydrogen (secondary N) is 1. The summed E-state index contributed by atoms with van der Waals surface area (Å²) in [6.45, 7) is 2.64. The van der Waals surface area contributed by atoms with Crippen molar-refractivity contribution in [1.82, 2.24) is 5.32 Å². The Bertz CT molecular complexity index is 422. The highest BCUT2D eigenvalue weighted by molar-refractivity contribution is 5.80. The lowest BCUT2D eigenvalue weighted by Crippen LogP contribution is -2.41. The first kappa shape index (κ1) is 13.0. The third kappa shape index (κ3) is 2.86. The van der Waals surface area contributed by atoms with Crippen molar-refractivity contribution >= 4 is 5.91 Å². The van der Waals surface area contributed by atoms with E-state index in [4.69, 9.17) is 10.5 Å². The zero-order valence-corrected chi connectivity index (χ0v) is 10.2. The second kappa shape index (κ2) is 5.46. The highest BCUT2D eigenvalue weighted by Gasteiger charge is 2.31. The number of rotatable bonds is 3. The van der Waals surface area contributed by atoms with Crippen LogP contribution in [0.3, 0.4) is 0 Å². The van der Waals surface area contributed by atoms with Crippen molar-refractivity contribution in [2.24, 2.45) is 11.7 Å². The summed E-state index contributed by atoms with van der Waals surface area (Å²) in [6, 6.07) is 5.65. The number of nitrogens with two attached hydrogens (primary N) is 1. The molecule has 0 spiro atoms. The maximum atomic E-state index is 12.8. The molecule has 18 heavy (non-hydrogen) atoms. The van der Waals surface area contributed by atoms with Crippen molar-refractivity contribution in [2.75, 3.05) is 13.2 Å². The minimum Gasteiger partial charge on any atom is -0.379 e. The summed E-state index contributed by atoms with van der Waals surface area (Å²) in [4.78, 5) is 12.0. The van der Waals surface area contributed by atoms with E-state index in [1.54, 1.807) is 12.1 Å². The van der Waals surface area contributed by atoms with Gasteiger partial charge in [-0.05, 0) is 24.6 Å². The number of carbonyl (C=O) groups is 1. The molecule has 3 atom stereocenters. The van der Waals surface area contributed by atoms with Crippen LogP contribution in [0, 0.1) is 11.7 Å². The number of amides is 1. The fourth-order valence-corrected chi connectivity index (χ4v) is 2.00. The highest BCUT2D eigenvalue weighted by Crippen LogP contribution is 2.16. The molecule has 1 heterocycles. The molecule has 0 bridgehead atoms. The van der Waals surface area contributed by atoms with Crippen LogP contribution < -0.4 is 11.1 Å². The molecule has 1 saturated heterocycles. The van der Waals surface area contributed by atoms with Gasteiger partial charge in [-0.1, -0.05) is 12.1 Å². The summed E-state index contributed by atoms with van der Waals surface area (Å²) in [7, 11) is 0. The third-order valence-electron chi connectivity index (χ3n) is 3.19. The van der Waals surface area contributed by atoms with E-state index in [-0.39, 0.29) is 29.7 Å². The Morgan fingerprint density at radius 3 is 2.67 bits per heavy atom. The molecule has 0 saturated carbocycles. The van der Waals surface area contributed by atoms with Crippen LogP contribution in [0.5, 0.6) is 0 Å². The van der Waals surface area contributed by atoms with Gasteiger partial charge in [0.2, 0.25) is 5.91 Å². The van der Waals surface area contributed by atoms with Gasteiger partial charge in [-0.15, -0.1) is 0 Å². The highest BCUT2D eigenvalue weighted by atomic mass is 19.1. The number of halogens is 1. The molecule has 1 aromatic rings. The van der Waals surface area contributed by atoms with Crippen molar-refractivity contribution in [1.29, 1.82) is 0 Å². The zero-order chi connectivity index (χ0) is 13.1. The summed E-state index contributed by atoms with van der Waals surface area (Å²) < 4.78 is 17.9. The van der Waals surface area contributed by atoms with E-state index in [2.05, 4.69) is 5.32 Å². The maximum absolute atomic E-state index is 12.8. The van der Waals surface area contributed by atoms with Gasteiger partial charge in [0.1, 0.15) is 5.82 Å². The van der Waals surface area contributed by atoms with Crippen LogP contribution in [-0.4, -0.2) is 25.2 Å². The predicted molar refractivity (Wildman–Crippen MR) is 65.2 cm³/mol. The van der Waals surface area contributed by atoms with E-state index in [0.717, 1.165) is 5.56 Å². The molecule has 5 heteroatoms. The molecule has 0 aliphatic carbocycles. The number of hydrogen-bond donors (Lipinski definition) is 2. The molecule has 0 aromatic heterocycles. The lowest BCUT2D eigenvalue weighted by Gasteiger charge is -2.18. The fraction of sp³-hybridized carbons (Fsp3) is 0.462. The van der Waals surface area contributed by atoms with Crippen LogP contribution in [-0.2, 0) is 9.53 Å². The van der Waals surface area contributed by atoms with E-state index < -0.39 is 0 Å². The van der Waals surface area contributed by atoms with E-state index in [0.29, 0.717) is 13.2 Å².